The molecule has 1 aromatic rings. The zero-order valence-electron chi connectivity index (χ0n) is 18.2. The normalized spacial score (nSPS) is 18.5. The quantitative estimate of drug-likeness (QED) is 0.674. The minimum absolute atomic E-state index is 0.0200. The number of carbonyl (C=O) groups is 2. The van der Waals surface area contributed by atoms with E-state index in [0.29, 0.717) is 12.1 Å². The van der Waals surface area contributed by atoms with E-state index in [1.807, 2.05) is 31.2 Å². The summed E-state index contributed by atoms with van der Waals surface area (Å²) >= 11 is 1.74. The molecule has 0 bridgehead atoms. The first kappa shape index (κ1) is 22.2. The molecule has 0 aliphatic carbocycles. The zero-order valence-corrected chi connectivity index (χ0v) is 19.0. The van der Waals surface area contributed by atoms with Gasteiger partial charge in [-0.15, -0.1) is 0 Å². The van der Waals surface area contributed by atoms with Crippen LogP contribution >= 0.6 is 11.8 Å². The van der Waals surface area contributed by atoms with Crippen LogP contribution in [0.15, 0.2) is 40.5 Å². The highest BCUT2D eigenvalue weighted by Gasteiger charge is 2.37. The summed E-state index contributed by atoms with van der Waals surface area (Å²) in [5, 5.41) is 6.71. The fourth-order valence-corrected chi connectivity index (χ4v) is 4.65. The molecular formula is C22H31N5O2S. The van der Waals surface area contributed by atoms with Gasteiger partial charge in [0.05, 0.1) is 17.3 Å². The third-order valence-electron chi connectivity index (χ3n) is 5.20. The van der Waals surface area contributed by atoms with Crippen LogP contribution in [-0.4, -0.2) is 59.8 Å². The molecule has 0 saturated carbocycles. The smallest absolute Gasteiger partial charge is 0.319 e. The number of unbranched alkanes of at least 4 members (excludes halogenated alkanes) is 1. The van der Waals surface area contributed by atoms with Crippen LogP contribution in [0.25, 0.3) is 0 Å². The van der Waals surface area contributed by atoms with Gasteiger partial charge in [-0.2, -0.15) is 0 Å². The summed E-state index contributed by atoms with van der Waals surface area (Å²) < 4.78 is 0. The van der Waals surface area contributed by atoms with Crippen LogP contribution in [0.1, 0.15) is 44.7 Å². The molecular weight excluding hydrogens is 398 g/mol. The van der Waals surface area contributed by atoms with E-state index in [4.69, 9.17) is 4.99 Å². The lowest BCUT2D eigenvalue weighted by molar-refractivity contribution is -0.125. The number of amides is 3. The standard InChI is InChI=1S/C22H31N5O2S/c1-5-6-12-23-21(29)25-17-10-8-16(9-11-17)19-18(20(28)26(3)4)15(2)24-22-27(19)13-7-14-30-22/h8-11,19H,5-7,12-14H2,1-4H3,(H2,23,25,29). The second kappa shape index (κ2) is 10.0. The van der Waals surface area contributed by atoms with E-state index >= 15 is 0 Å². The Hall–Kier alpha value is -2.48. The number of carbonyl (C=O) groups excluding carboxylic acids is 2. The van der Waals surface area contributed by atoms with Crippen molar-refractivity contribution in [1.82, 2.24) is 15.1 Å². The molecule has 2 heterocycles. The van der Waals surface area contributed by atoms with E-state index in [1.165, 1.54) is 0 Å². The van der Waals surface area contributed by atoms with Crippen molar-refractivity contribution in [2.45, 2.75) is 39.2 Å². The fourth-order valence-electron chi connectivity index (χ4n) is 3.63. The second-order valence-electron chi connectivity index (χ2n) is 7.75. The lowest BCUT2D eigenvalue weighted by Gasteiger charge is -2.41. The highest BCUT2D eigenvalue weighted by Crippen LogP contribution is 2.40. The van der Waals surface area contributed by atoms with Crippen molar-refractivity contribution in [3.63, 3.8) is 0 Å². The number of hydrogen-bond acceptors (Lipinski definition) is 5. The van der Waals surface area contributed by atoms with Crippen molar-refractivity contribution in [3.8, 4) is 0 Å². The Morgan fingerprint density at radius 2 is 2.00 bits per heavy atom. The highest BCUT2D eigenvalue weighted by molar-refractivity contribution is 8.13. The number of fused-ring (bicyclic) bond motifs is 1. The Morgan fingerprint density at radius 1 is 1.27 bits per heavy atom. The first-order valence-corrected chi connectivity index (χ1v) is 11.5. The Bertz CT molecular complexity index is 848. The van der Waals surface area contributed by atoms with E-state index in [9.17, 15) is 9.59 Å². The van der Waals surface area contributed by atoms with Gasteiger partial charge in [0.2, 0.25) is 0 Å². The van der Waals surface area contributed by atoms with Crippen LogP contribution < -0.4 is 10.6 Å². The molecule has 2 N–H and O–H groups in total. The van der Waals surface area contributed by atoms with Crippen LogP contribution in [0.5, 0.6) is 0 Å². The van der Waals surface area contributed by atoms with E-state index in [2.05, 4.69) is 22.5 Å². The van der Waals surface area contributed by atoms with Crippen molar-refractivity contribution in [2.75, 3.05) is 38.3 Å². The molecule has 1 atom stereocenters. The number of aliphatic imine (C=N–C) groups is 1. The second-order valence-corrected chi connectivity index (χ2v) is 8.81. The minimum Gasteiger partial charge on any atom is -0.345 e. The number of benzene rings is 1. The summed E-state index contributed by atoms with van der Waals surface area (Å²) in [5.41, 5.74) is 3.24. The van der Waals surface area contributed by atoms with Gasteiger partial charge in [0.1, 0.15) is 0 Å². The molecule has 162 valence electrons. The fraction of sp³-hybridized carbons (Fsp3) is 0.500. The Kier molecular flexibility index (Phi) is 7.42. The first-order chi connectivity index (χ1) is 14.4. The van der Waals surface area contributed by atoms with Crippen LogP contribution in [0.3, 0.4) is 0 Å². The largest absolute Gasteiger partial charge is 0.345 e. The van der Waals surface area contributed by atoms with Crippen molar-refractivity contribution < 1.29 is 9.59 Å². The molecule has 8 heteroatoms. The third kappa shape index (κ3) is 4.98. The SMILES string of the molecule is CCCCNC(=O)Nc1ccc(C2C(C(=O)N(C)C)=C(C)N=C3SCCCN32)cc1. The van der Waals surface area contributed by atoms with E-state index in [1.54, 1.807) is 30.8 Å². The molecule has 3 rings (SSSR count). The van der Waals surface area contributed by atoms with Gasteiger partial charge < -0.3 is 20.4 Å². The van der Waals surface area contributed by atoms with Gasteiger partial charge in [-0.1, -0.05) is 37.2 Å². The number of allylic oxidation sites excluding steroid dienone is 1. The molecule has 0 spiro atoms. The topological polar surface area (TPSA) is 77.0 Å². The number of likely N-dealkylation sites (N-methyl/N-ethyl adjacent to an activating group) is 1. The Balaban J connectivity index is 1.85. The van der Waals surface area contributed by atoms with Crippen molar-refractivity contribution in [1.29, 1.82) is 0 Å². The van der Waals surface area contributed by atoms with Crippen LogP contribution in [-0.2, 0) is 4.79 Å². The summed E-state index contributed by atoms with van der Waals surface area (Å²) in [4.78, 5) is 33.6. The van der Waals surface area contributed by atoms with Crippen molar-refractivity contribution in [3.05, 3.63) is 41.1 Å². The lowest BCUT2D eigenvalue weighted by Crippen LogP contribution is -2.43. The summed E-state index contributed by atoms with van der Waals surface area (Å²) in [7, 11) is 3.54. The van der Waals surface area contributed by atoms with Crippen LogP contribution in [0.4, 0.5) is 10.5 Å². The predicted octanol–water partition coefficient (Wildman–Crippen LogP) is 3.82. The Morgan fingerprint density at radius 3 is 2.67 bits per heavy atom. The maximum Gasteiger partial charge on any atom is 0.319 e. The monoisotopic (exact) mass is 429 g/mol. The molecule has 2 aliphatic heterocycles. The molecule has 3 amide bonds. The van der Waals surface area contributed by atoms with Gasteiger partial charge >= 0.3 is 6.03 Å². The molecule has 1 saturated heterocycles. The maximum absolute atomic E-state index is 13.0. The number of nitrogens with one attached hydrogen (secondary N) is 2. The zero-order chi connectivity index (χ0) is 21.7. The predicted molar refractivity (Wildman–Crippen MR) is 124 cm³/mol. The van der Waals surface area contributed by atoms with Gasteiger partial charge in [-0.25, -0.2) is 9.79 Å². The number of urea groups is 1. The maximum atomic E-state index is 13.0. The van der Waals surface area contributed by atoms with Crippen molar-refractivity contribution >= 4 is 34.6 Å². The summed E-state index contributed by atoms with van der Waals surface area (Å²) in [6.45, 7) is 5.54. The first-order valence-electron chi connectivity index (χ1n) is 10.5. The average molecular weight is 430 g/mol. The van der Waals surface area contributed by atoms with E-state index in [0.717, 1.165) is 53.7 Å². The minimum atomic E-state index is -0.199. The van der Waals surface area contributed by atoms with Gasteiger partial charge in [0.15, 0.2) is 5.17 Å². The molecule has 0 radical (unpaired) electrons. The molecule has 1 fully saturated rings. The summed E-state index contributed by atoms with van der Waals surface area (Å²) in [5.74, 6) is 1.02. The Labute approximate surface area is 183 Å². The lowest BCUT2D eigenvalue weighted by atomic mass is 9.93. The molecule has 1 aromatic carbocycles. The molecule has 7 nitrogen and oxygen atoms in total. The van der Waals surface area contributed by atoms with Crippen LogP contribution in [0, 0.1) is 0 Å². The average Bonchev–Trinajstić information content (AvgIpc) is 2.73. The van der Waals surface area contributed by atoms with Crippen molar-refractivity contribution in [2.24, 2.45) is 4.99 Å². The number of anilines is 1. The summed E-state index contributed by atoms with van der Waals surface area (Å²) in [6.07, 6.45) is 3.05. The number of hydrogen-bond donors (Lipinski definition) is 2. The molecule has 1 unspecified atom stereocenters. The molecule has 2 aliphatic rings. The van der Waals surface area contributed by atoms with Gasteiger partial charge in [-0.3, -0.25) is 4.79 Å². The number of nitrogens with zero attached hydrogens (tertiary/aromatic N) is 3. The highest BCUT2D eigenvalue weighted by atomic mass is 32.2. The van der Waals surface area contributed by atoms with Gasteiger partial charge in [0, 0.05) is 38.6 Å². The molecule has 0 aromatic heterocycles. The van der Waals surface area contributed by atoms with Gasteiger partial charge in [-0.05, 0) is 37.5 Å². The number of thioether (sulfide) groups is 1. The number of amidine groups is 1. The molecule has 30 heavy (non-hydrogen) atoms. The number of rotatable bonds is 6. The summed E-state index contributed by atoms with van der Waals surface area (Å²) in [6, 6.07) is 7.40. The van der Waals surface area contributed by atoms with Gasteiger partial charge in [0.25, 0.3) is 5.91 Å². The van der Waals surface area contributed by atoms with Crippen LogP contribution in [0.2, 0.25) is 0 Å². The van der Waals surface area contributed by atoms with E-state index in [-0.39, 0.29) is 18.0 Å². The third-order valence-corrected chi connectivity index (χ3v) is 6.27. The van der Waals surface area contributed by atoms with E-state index < -0.39 is 0 Å².